The van der Waals surface area contributed by atoms with Crippen molar-refractivity contribution < 1.29 is 24.5 Å². The lowest BCUT2D eigenvalue weighted by molar-refractivity contribution is -0.152. The number of rotatable bonds is 5. The van der Waals surface area contributed by atoms with Gasteiger partial charge in [0.05, 0.1) is 0 Å². The number of nitrogen functional groups attached to an aromatic ring is 1. The van der Waals surface area contributed by atoms with Crippen LogP contribution in [0.1, 0.15) is 20.1 Å². The molecule has 1 aliphatic rings. The van der Waals surface area contributed by atoms with Crippen LogP contribution < -0.4 is 17.2 Å². The van der Waals surface area contributed by atoms with E-state index in [1.165, 1.54) is 12.3 Å². The van der Waals surface area contributed by atoms with Crippen molar-refractivity contribution in [1.82, 2.24) is 9.55 Å². The summed E-state index contributed by atoms with van der Waals surface area (Å²) in [6.45, 7) is 3.24. The number of carbonyl (C=O) groups excluding carboxylic acids is 1. The predicted octanol–water partition coefficient (Wildman–Crippen LogP) is -2.03. The molecule has 5 atom stereocenters. The third kappa shape index (κ3) is 3.73. The Morgan fingerprint density at radius 1 is 1.46 bits per heavy atom. The molecule has 1 aromatic rings. The number of esters is 1. The summed E-state index contributed by atoms with van der Waals surface area (Å²) < 4.78 is 11.5. The molecule has 1 saturated heterocycles. The van der Waals surface area contributed by atoms with E-state index in [0.717, 1.165) is 4.57 Å². The Morgan fingerprint density at radius 3 is 2.71 bits per heavy atom. The molecule has 10 nitrogen and oxygen atoms in total. The lowest BCUT2D eigenvalue weighted by Crippen LogP contribution is -2.40. The van der Waals surface area contributed by atoms with E-state index in [1.54, 1.807) is 13.8 Å². The number of aliphatic hydroxyl groups is 2. The highest BCUT2D eigenvalue weighted by Gasteiger charge is 2.44. The first-order chi connectivity index (χ1) is 11.2. The molecule has 1 aromatic heterocycles. The molecule has 5 unspecified atom stereocenters. The van der Waals surface area contributed by atoms with Gasteiger partial charge < -0.3 is 31.2 Å². The zero-order valence-electron chi connectivity index (χ0n) is 13.4. The van der Waals surface area contributed by atoms with Gasteiger partial charge in [-0.1, -0.05) is 13.8 Å². The number of nitrogens with two attached hydrogens (primary N) is 2. The minimum Gasteiger partial charge on any atom is -0.462 e. The van der Waals surface area contributed by atoms with Crippen LogP contribution in [0.2, 0.25) is 0 Å². The molecule has 1 fully saturated rings. The monoisotopic (exact) mass is 342 g/mol. The van der Waals surface area contributed by atoms with E-state index in [1.807, 2.05) is 0 Å². The minimum atomic E-state index is -1.39. The Kier molecular flexibility index (Phi) is 5.54. The molecule has 134 valence electrons. The van der Waals surface area contributed by atoms with E-state index in [0.29, 0.717) is 0 Å². The van der Waals surface area contributed by atoms with Gasteiger partial charge in [-0.3, -0.25) is 9.36 Å². The van der Waals surface area contributed by atoms with Gasteiger partial charge in [0.2, 0.25) is 0 Å². The van der Waals surface area contributed by atoms with Crippen LogP contribution in [0.15, 0.2) is 17.1 Å². The number of aromatic nitrogens is 2. The van der Waals surface area contributed by atoms with E-state index in [-0.39, 0.29) is 18.3 Å². The molecule has 2 rings (SSSR count). The second kappa shape index (κ2) is 7.26. The summed E-state index contributed by atoms with van der Waals surface area (Å²) in [5, 5.41) is 20.1. The average molecular weight is 342 g/mol. The van der Waals surface area contributed by atoms with E-state index < -0.39 is 42.2 Å². The maximum atomic E-state index is 11.8. The van der Waals surface area contributed by atoms with Crippen LogP contribution in [0, 0.1) is 5.92 Å². The van der Waals surface area contributed by atoms with Gasteiger partial charge in [0.15, 0.2) is 6.23 Å². The van der Waals surface area contributed by atoms with Crippen LogP contribution in [0.3, 0.4) is 0 Å². The van der Waals surface area contributed by atoms with Gasteiger partial charge in [0.1, 0.15) is 36.8 Å². The minimum absolute atomic E-state index is 0.0254. The molecule has 0 amide bonds. The molecule has 6 N–H and O–H groups in total. The van der Waals surface area contributed by atoms with Crippen LogP contribution in [0.25, 0.3) is 0 Å². The summed E-state index contributed by atoms with van der Waals surface area (Å²) in [6.07, 6.45) is -3.60. The van der Waals surface area contributed by atoms with Crippen molar-refractivity contribution in [2.75, 3.05) is 12.3 Å². The fraction of sp³-hybridized carbons (Fsp3) is 0.643. The highest BCUT2D eigenvalue weighted by atomic mass is 16.6. The molecule has 0 saturated carbocycles. The van der Waals surface area contributed by atoms with Crippen molar-refractivity contribution in [2.24, 2.45) is 11.7 Å². The van der Waals surface area contributed by atoms with Crippen molar-refractivity contribution in [3.63, 3.8) is 0 Å². The molecule has 0 radical (unpaired) electrons. The highest BCUT2D eigenvalue weighted by Crippen LogP contribution is 2.28. The van der Waals surface area contributed by atoms with Gasteiger partial charge in [-0.2, -0.15) is 4.98 Å². The molecule has 0 aromatic carbocycles. The molecule has 1 aliphatic heterocycles. The van der Waals surface area contributed by atoms with Gasteiger partial charge in [0, 0.05) is 6.20 Å². The van der Waals surface area contributed by atoms with Crippen LogP contribution >= 0.6 is 0 Å². The average Bonchev–Trinajstić information content (AvgIpc) is 2.80. The normalized spacial score (nSPS) is 28.1. The quantitative estimate of drug-likeness (QED) is 0.442. The molecule has 0 spiro atoms. The maximum Gasteiger partial charge on any atom is 0.351 e. The number of nitrogens with zero attached hydrogens (tertiary/aromatic N) is 2. The third-order valence-electron chi connectivity index (χ3n) is 3.84. The summed E-state index contributed by atoms with van der Waals surface area (Å²) in [5.41, 5.74) is 10.3. The molecule has 2 heterocycles. The summed E-state index contributed by atoms with van der Waals surface area (Å²) in [7, 11) is 0. The van der Waals surface area contributed by atoms with Crippen molar-refractivity contribution in [3.8, 4) is 0 Å². The number of aliphatic hydroxyl groups excluding tert-OH is 2. The first-order valence-corrected chi connectivity index (χ1v) is 7.51. The summed E-state index contributed by atoms with van der Waals surface area (Å²) in [5.74, 6) is -0.716. The molecular formula is C14H22N4O6. The third-order valence-corrected chi connectivity index (χ3v) is 3.84. The molecule has 0 aliphatic carbocycles. The van der Waals surface area contributed by atoms with Crippen molar-refractivity contribution in [1.29, 1.82) is 0 Å². The Labute approximate surface area is 138 Å². The number of ether oxygens (including phenoxy) is 2. The molecule has 0 bridgehead atoms. The van der Waals surface area contributed by atoms with Crippen LogP contribution in [-0.4, -0.2) is 56.7 Å². The van der Waals surface area contributed by atoms with Crippen molar-refractivity contribution >= 4 is 11.8 Å². The smallest absolute Gasteiger partial charge is 0.351 e. The Hall–Kier alpha value is -2.01. The number of carbonyl (C=O) groups is 1. The van der Waals surface area contributed by atoms with Crippen LogP contribution in [0.5, 0.6) is 0 Å². The zero-order valence-corrected chi connectivity index (χ0v) is 13.4. The first-order valence-electron chi connectivity index (χ1n) is 7.51. The Bertz CT molecular complexity index is 648. The Balaban J connectivity index is 2.05. The largest absolute Gasteiger partial charge is 0.462 e. The van der Waals surface area contributed by atoms with Crippen LogP contribution in [0.4, 0.5) is 5.82 Å². The van der Waals surface area contributed by atoms with E-state index in [4.69, 9.17) is 20.9 Å². The lowest BCUT2D eigenvalue weighted by atomic mass is 10.1. The molecule has 24 heavy (non-hydrogen) atoms. The topological polar surface area (TPSA) is 163 Å². The highest BCUT2D eigenvalue weighted by molar-refractivity contribution is 5.75. The summed E-state index contributed by atoms with van der Waals surface area (Å²) in [4.78, 5) is 27.1. The summed E-state index contributed by atoms with van der Waals surface area (Å²) >= 11 is 0. The number of hydrogen-bond donors (Lipinski definition) is 4. The Morgan fingerprint density at radius 2 is 2.12 bits per heavy atom. The molecule has 10 heteroatoms. The van der Waals surface area contributed by atoms with Gasteiger partial charge in [0.25, 0.3) is 0 Å². The fourth-order valence-electron chi connectivity index (χ4n) is 2.25. The predicted molar refractivity (Wildman–Crippen MR) is 82.6 cm³/mol. The van der Waals surface area contributed by atoms with Gasteiger partial charge in [-0.15, -0.1) is 0 Å². The van der Waals surface area contributed by atoms with Gasteiger partial charge in [-0.25, -0.2) is 4.79 Å². The van der Waals surface area contributed by atoms with Gasteiger partial charge >= 0.3 is 11.7 Å². The van der Waals surface area contributed by atoms with Crippen molar-refractivity contribution in [3.05, 3.63) is 22.7 Å². The zero-order chi connectivity index (χ0) is 18.0. The van der Waals surface area contributed by atoms with E-state index in [9.17, 15) is 19.8 Å². The fourth-order valence-corrected chi connectivity index (χ4v) is 2.25. The second-order valence-electron chi connectivity index (χ2n) is 5.99. The number of hydrogen-bond acceptors (Lipinski definition) is 9. The van der Waals surface area contributed by atoms with Gasteiger partial charge in [-0.05, 0) is 12.0 Å². The van der Waals surface area contributed by atoms with Crippen LogP contribution in [-0.2, 0) is 14.3 Å². The molecular weight excluding hydrogens is 320 g/mol. The first kappa shape index (κ1) is 18.3. The maximum absolute atomic E-state index is 11.8. The SMILES string of the molecule is CC(C)C(N)C(=O)OCC1OC(n2ccc(N)nc2=O)C(O)C1O. The number of anilines is 1. The lowest BCUT2D eigenvalue weighted by Gasteiger charge is -2.18. The second-order valence-corrected chi connectivity index (χ2v) is 5.99. The van der Waals surface area contributed by atoms with E-state index in [2.05, 4.69) is 4.98 Å². The summed E-state index contributed by atoms with van der Waals surface area (Å²) in [6, 6.07) is 0.562. The van der Waals surface area contributed by atoms with E-state index >= 15 is 0 Å². The standard InChI is InChI=1S/C14H22N4O6/c1-6(2)9(16)13(21)23-5-7-10(19)11(20)12(24-7)18-4-3-8(15)17-14(18)22/h3-4,6-7,9-12,19-20H,5,16H2,1-2H3,(H2,15,17,22). The van der Waals surface area contributed by atoms with Crippen molar-refractivity contribution in [2.45, 2.75) is 44.4 Å².